The van der Waals surface area contributed by atoms with Crippen molar-refractivity contribution in [2.75, 3.05) is 37.9 Å². The van der Waals surface area contributed by atoms with E-state index in [4.69, 9.17) is 10.5 Å². The number of H-pyrrole nitrogens is 1. The number of carbonyl (C=O) groups is 1. The van der Waals surface area contributed by atoms with Gasteiger partial charge in [0.2, 0.25) is 0 Å². The number of piperidine rings is 1. The number of benzene rings is 2. The average molecular weight is 489 g/mol. The van der Waals surface area contributed by atoms with E-state index in [0.717, 1.165) is 47.3 Å². The van der Waals surface area contributed by atoms with Gasteiger partial charge in [-0.3, -0.25) is 9.78 Å². The first-order valence-corrected chi connectivity index (χ1v) is 11.9. The van der Waals surface area contributed by atoms with E-state index in [0.29, 0.717) is 17.3 Å². The van der Waals surface area contributed by atoms with Gasteiger partial charge < -0.3 is 31.0 Å². The third-order valence-corrected chi connectivity index (χ3v) is 6.65. The molecule has 1 aliphatic heterocycles. The van der Waals surface area contributed by atoms with Crippen LogP contribution in [0.15, 0.2) is 54.9 Å². The Kier molecular flexibility index (Phi) is 6.47. The summed E-state index contributed by atoms with van der Waals surface area (Å²) < 4.78 is 19.4. The highest BCUT2D eigenvalue weighted by Gasteiger charge is 2.20. The summed E-state index contributed by atoms with van der Waals surface area (Å²) in [5.74, 6) is 0.765. The van der Waals surface area contributed by atoms with Crippen molar-refractivity contribution in [3.05, 3.63) is 71.8 Å². The molecule has 5 rings (SSSR count). The maximum Gasteiger partial charge on any atom is 0.250 e. The molecule has 0 aliphatic carbocycles. The number of primary amides is 1. The highest BCUT2D eigenvalue weighted by atomic mass is 19.1. The number of aromatic nitrogens is 2. The number of nitrogens with zero attached hydrogens (tertiary/aromatic N) is 2. The topological polar surface area (TPSA) is 108 Å². The van der Waals surface area contributed by atoms with Crippen LogP contribution >= 0.6 is 0 Å². The fourth-order valence-electron chi connectivity index (χ4n) is 4.84. The fourth-order valence-corrected chi connectivity index (χ4v) is 4.84. The van der Waals surface area contributed by atoms with Crippen LogP contribution in [0.5, 0.6) is 5.75 Å². The summed E-state index contributed by atoms with van der Waals surface area (Å²) in [5.41, 5.74) is 9.46. The molecule has 0 spiro atoms. The second-order valence-corrected chi connectivity index (χ2v) is 9.20. The molecule has 36 heavy (non-hydrogen) atoms. The van der Waals surface area contributed by atoms with Crippen molar-refractivity contribution in [1.82, 2.24) is 14.9 Å². The summed E-state index contributed by atoms with van der Waals surface area (Å²) in [6, 6.07) is 12.1. The van der Waals surface area contributed by atoms with Crippen molar-refractivity contribution < 1.29 is 13.9 Å². The molecule has 9 heteroatoms. The highest BCUT2D eigenvalue weighted by Crippen LogP contribution is 2.36. The number of carbonyl (C=O) groups excluding carboxylic acids is 1. The number of nitrogens with one attached hydrogen (secondary N) is 3. The number of fused-ring (bicyclic) bond motifs is 1. The molecular formula is C27H29FN6O2. The minimum absolute atomic E-state index is 0.0647. The number of rotatable bonds is 7. The van der Waals surface area contributed by atoms with E-state index in [1.807, 2.05) is 12.1 Å². The number of anilines is 4. The molecule has 2 aromatic heterocycles. The lowest BCUT2D eigenvalue weighted by molar-refractivity contribution is 0.100. The van der Waals surface area contributed by atoms with Crippen molar-refractivity contribution in [1.29, 1.82) is 0 Å². The minimum Gasteiger partial charge on any atom is -0.495 e. The van der Waals surface area contributed by atoms with Gasteiger partial charge in [0.1, 0.15) is 17.4 Å². The first-order valence-electron chi connectivity index (χ1n) is 11.9. The molecule has 3 heterocycles. The van der Waals surface area contributed by atoms with Crippen LogP contribution in [0.2, 0.25) is 0 Å². The van der Waals surface area contributed by atoms with Crippen LogP contribution in [-0.4, -0.2) is 48.0 Å². The maximum atomic E-state index is 13.6. The molecule has 4 aromatic rings. The number of amides is 1. The van der Waals surface area contributed by atoms with E-state index in [9.17, 15) is 9.18 Å². The van der Waals surface area contributed by atoms with Gasteiger partial charge in [0.25, 0.3) is 5.91 Å². The van der Waals surface area contributed by atoms with Crippen LogP contribution in [0, 0.1) is 5.82 Å². The Hall–Kier alpha value is -4.11. The Morgan fingerprint density at radius 3 is 2.75 bits per heavy atom. The number of likely N-dealkylation sites (N-methyl/N-ethyl adjacent to an activating group) is 1. The number of ether oxygens (including phenoxy) is 1. The van der Waals surface area contributed by atoms with Crippen molar-refractivity contribution in [2.45, 2.75) is 18.8 Å². The molecule has 0 radical (unpaired) electrons. The van der Waals surface area contributed by atoms with Crippen LogP contribution in [0.1, 0.15) is 34.7 Å². The van der Waals surface area contributed by atoms with Crippen LogP contribution in [-0.2, 0) is 0 Å². The maximum absolute atomic E-state index is 13.6. The van der Waals surface area contributed by atoms with E-state index in [-0.39, 0.29) is 5.56 Å². The van der Waals surface area contributed by atoms with Gasteiger partial charge in [0.05, 0.1) is 47.6 Å². The predicted octanol–water partition coefficient (Wildman–Crippen LogP) is 5.11. The fraction of sp³-hybridized carbons (Fsp3) is 0.259. The third kappa shape index (κ3) is 4.83. The zero-order chi connectivity index (χ0) is 25.2. The Balaban J connectivity index is 1.42. The monoisotopic (exact) mass is 488 g/mol. The summed E-state index contributed by atoms with van der Waals surface area (Å²) in [4.78, 5) is 21.8. The van der Waals surface area contributed by atoms with Crippen LogP contribution in [0.25, 0.3) is 10.9 Å². The molecule has 1 amide bonds. The molecule has 0 saturated carbocycles. The van der Waals surface area contributed by atoms with E-state index >= 15 is 0 Å². The number of aromatic amines is 1. The zero-order valence-electron chi connectivity index (χ0n) is 20.3. The Labute approximate surface area is 208 Å². The smallest absolute Gasteiger partial charge is 0.250 e. The van der Waals surface area contributed by atoms with Gasteiger partial charge in [0.15, 0.2) is 0 Å². The molecule has 186 valence electrons. The summed E-state index contributed by atoms with van der Waals surface area (Å²) >= 11 is 0. The number of methoxy groups -OCH3 is 1. The van der Waals surface area contributed by atoms with E-state index in [1.165, 1.54) is 30.5 Å². The number of pyridine rings is 1. The molecule has 1 fully saturated rings. The number of hydrogen-bond donors (Lipinski definition) is 4. The first kappa shape index (κ1) is 23.6. The summed E-state index contributed by atoms with van der Waals surface area (Å²) in [7, 11) is 3.84. The first-order chi connectivity index (χ1) is 17.4. The third-order valence-electron chi connectivity index (χ3n) is 6.65. The number of likely N-dealkylation sites (tertiary alicyclic amines) is 1. The van der Waals surface area contributed by atoms with E-state index in [1.54, 1.807) is 19.5 Å². The van der Waals surface area contributed by atoms with Gasteiger partial charge in [0, 0.05) is 11.9 Å². The summed E-state index contributed by atoms with van der Waals surface area (Å²) in [6.07, 6.45) is 5.73. The highest BCUT2D eigenvalue weighted by molar-refractivity contribution is 6.02. The van der Waals surface area contributed by atoms with Crippen molar-refractivity contribution in [2.24, 2.45) is 5.73 Å². The quantitative estimate of drug-likeness (QED) is 0.288. The van der Waals surface area contributed by atoms with Crippen LogP contribution < -0.4 is 21.1 Å². The van der Waals surface area contributed by atoms with E-state index in [2.05, 4.69) is 44.7 Å². The zero-order valence-corrected chi connectivity index (χ0v) is 20.3. The Morgan fingerprint density at radius 2 is 1.97 bits per heavy atom. The summed E-state index contributed by atoms with van der Waals surface area (Å²) in [5, 5.41) is 7.42. The average Bonchev–Trinajstić information content (AvgIpc) is 3.28. The standard InChI is InChI=1S/C27H29FN6O2/c1-34-9-3-4-17(15-34)16-5-7-22(25(10-16)36-2)32-26-12-19-23(13-30-14-24(19)33-26)31-21-8-6-18(28)11-20(21)27(29)35/h5-8,10-14,17,31-33H,3-4,9,15H2,1-2H3,(H2,29,35). The molecule has 5 N–H and O–H groups in total. The number of halogens is 1. The molecule has 1 unspecified atom stereocenters. The number of nitrogens with two attached hydrogens (primary N) is 1. The van der Waals surface area contributed by atoms with Gasteiger partial charge >= 0.3 is 0 Å². The van der Waals surface area contributed by atoms with Gasteiger partial charge in [-0.05, 0) is 74.3 Å². The van der Waals surface area contributed by atoms with Gasteiger partial charge in [-0.1, -0.05) is 6.07 Å². The molecular weight excluding hydrogens is 459 g/mol. The molecule has 1 aliphatic rings. The lowest BCUT2D eigenvalue weighted by atomic mass is 9.90. The van der Waals surface area contributed by atoms with Crippen molar-refractivity contribution in [3.63, 3.8) is 0 Å². The van der Waals surface area contributed by atoms with Crippen LogP contribution in [0.4, 0.5) is 27.3 Å². The number of hydrogen-bond acceptors (Lipinski definition) is 6. The summed E-state index contributed by atoms with van der Waals surface area (Å²) in [6.45, 7) is 2.19. The van der Waals surface area contributed by atoms with Crippen molar-refractivity contribution >= 4 is 39.7 Å². The molecule has 8 nitrogen and oxygen atoms in total. The van der Waals surface area contributed by atoms with Gasteiger partial charge in [-0.2, -0.15) is 0 Å². The molecule has 0 bridgehead atoms. The van der Waals surface area contributed by atoms with E-state index < -0.39 is 11.7 Å². The molecule has 1 saturated heterocycles. The normalized spacial score (nSPS) is 16.1. The largest absolute Gasteiger partial charge is 0.495 e. The Morgan fingerprint density at radius 1 is 1.14 bits per heavy atom. The molecule has 1 atom stereocenters. The minimum atomic E-state index is -0.719. The van der Waals surface area contributed by atoms with Crippen molar-refractivity contribution in [3.8, 4) is 5.75 Å². The SMILES string of the molecule is COc1cc(C2CCCN(C)C2)ccc1Nc1cc2c(Nc3ccc(F)cc3C(N)=O)cncc2[nH]1. The lowest BCUT2D eigenvalue weighted by Crippen LogP contribution is -2.30. The van der Waals surface area contributed by atoms with Gasteiger partial charge in [-0.15, -0.1) is 0 Å². The predicted molar refractivity (Wildman–Crippen MR) is 140 cm³/mol. The lowest BCUT2D eigenvalue weighted by Gasteiger charge is -2.30. The van der Waals surface area contributed by atoms with Crippen LogP contribution in [0.3, 0.4) is 0 Å². The molecule has 2 aromatic carbocycles. The van der Waals surface area contributed by atoms with Gasteiger partial charge in [-0.25, -0.2) is 4.39 Å². The second-order valence-electron chi connectivity index (χ2n) is 9.20. The Bertz CT molecular complexity index is 1420. The second kappa shape index (κ2) is 9.87.